The van der Waals surface area contributed by atoms with Crippen molar-refractivity contribution in [2.24, 2.45) is 5.73 Å². The number of methoxy groups -OCH3 is 1. The van der Waals surface area contributed by atoms with Crippen LogP contribution in [0.2, 0.25) is 0 Å². The summed E-state index contributed by atoms with van der Waals surface area (Å²) >= 11 is 4.75. The van der Waals surface area contributed by atoms with Crippen LogP contribution in [-0.2, 0) is 9.53 Å². The van der Waals surface area contributed by atoms with Crippen molar-refractivity contribution in [3.8, 4) is 0 Å². The Morgan fingerprint density at radius 3 is 2.60 bits per heavy atom. The maximum absolute atomic E-state index is 10.8. The number of aliphatic carboxylic acids is 1. The Morgan fingerprint density at radius 2 is 2.20 bits per heavy atom. The van der Waals surface area contributed by atoms with Crippen molar-refractivity contribution < 1.29 is 14.6 Å². The van der Waals surface area contributed by atoms with Crippen LogP contribution in [0.1, 0.15) is 13.3 Å². The Kier molecular flexibility index (Phi) is 7.19. The van der Waals surface area contributed by atoms with Gasteiger partial charge in [0, 0.05) is 26.6 Å². The summed E-state index contributed by atoms with van der Waals surface area (Å²) in [4.78, 5) is 13.0. The molecule has 6 heteroatoms. The number of nitrogens with two attached hydrogens (primary N) is 1. The summed E-state index contributed by atoms with van der Waals surface area (Å²) in [6.07, 6.45) is 0.524. The summed E-state index contributed by atoms with van der Waals surface area (Å²) in [5.41, 5.74) is 5.37. The van der Waals surface area contributed by atoms with Crippen LogP contribution in [0, 0.1) is 0 Å². The normalized spacial score (nSPS) is 12.7. The monoisotopic (exact) mass is 234 g/mol. The molecule has 0 aromatic heterocycles. The van der Waals surface area contributed by atoms with Gasteiger partial charge in [0.2, 0.25) is 0 Å². The molecule has 0 bridgehead atoms. The molecule has 1 atom stereocenters. The molecule has 0 aliphatic rings. The third kappa shape index (κ3) is 6.38. The van der Waals surface area contributed by atoms with E-state index in [4.69, 9.17) is 27.8 Å². The van der Waals surface area contributed by atoms with E-state index < -0.39 is 12.0 Å². The van der Waals surface area contributed by atoms with E-state index in [1.807, 2.05) is 0 Å². The zero-order chi connectivity index (χ0) is 11.8. The van der Waals surface area contributed by atoms with E-state index in [1.54, 1.807) is 18.9 Å². The Labute approximate surface area is 95.2 Å². The van der Waals surface area contributed by atoms with Crippen LogP contribution in [0.3, 0.4) is 0 Å². The topological polar surface area (TPSA) is 75.8 Å². The van der Waals surface area contributed by atoms with Gasteiger partial charge in [-0.2, -0.15) is 0 Å². The second kappa shape index (κ2) is 7.56. The minimum atomic E-state index is -0.853. The SMILES string of the molecule is COCCN(CCC(N)=S)C(C)C(=O)O. The Hall–Kier alpha value is -0.720. The number of carboxylic acids is 1. The first-order chi connectivity index (χ1) is 6.99. The summed E-state index contributed by atoms with van der Waals surface area (Å²) in [5, 5.41) is 8.87. The molecule has 0 saturated carbocycles. The predicted molar refractivity (Wildman–Crippen MR) is 61.9 cm³/mol. The van der Waals surface area contributed by atoms with Gasteiger partial charge in [-0.3, -0.25) is 9.69 Å². The van der Waals surface area contributed by atoms with Crippen LogP contribution < -0.4 is 5.73 Å². The van der Waals surface area contributed by atoms with E-state index in [1.165, 1.54) is 0 Å². The van der Waals surface area contributed by atoms with E-state index in [0.29, 0.717) is 31.1 Å². The first kappa shape index (κ1) is 14.3. The van der Waals surface area contributed by atoms with Gasteiger partial charge in [0.15, 0.2) is 0 Å². The molecule has 3 N–H and O–H groups in total. The molecule has 0 aromatic rings. The van der Waals surface area contributed by atoms with Gasteiger partial charge in [-0.1, -0.05) is 12.2 Å². The van der Waals surface area contributed by atoms with Gasteiger partial charge in [-0.05, 0) is 6.92 Å². The lowest BCUT2D eigenvalue weighted by atomic mass is 10.2. The highest BCUT2D eigenvalue weighted by Crippen LogP contribution is 2.01. The predicted octanol–water partition coefficient (Wildman–Crippen LogP) is 0.0841. The summed E-state index contributed by atoms with van der Waals surface area (Å²) < 4.78 is 4.91. The van der Waals surface area contributed by atoms with Gasteiger partial charge in [-0.15, -0.1) is 0 Å². The fraction of sp³-hybridized carbons (Fsp3) is 0.778. The third-order valence-electron chi connectivity index (χ3n) is 2.13. The van der Waals surface area contributed by atoms with E-state index in [-0.39, 0.29) is 0 Å². The molecule has 0 aliphatic carbocycles. The molecule has 0 fully saturated rings. The van der Waals surface area contributed by atoms with E-state index in [2.05, 4.69) is 0 Å². The average molecular weight is 234 g/mol. The van der Waals surface area contributed by atoms with E-state index >= 15 is 0 Å². The summed E-state index contributed by atoms with van der Waals surface area (Å²) in [7, 11) is 1.58. The van der Waals surface area contributed by atoms with Crippen LogP contribution in [0.5, 0.6) is 0 Å². The number of hydrogen-bond donors (Lipinski definition) is 2. The summed E-state index contributed by atoms with van der Waals surface area (Å²) in [6, 6.07) is -0.547. The van der Waals surface area contributed by atoms with Gasteiger partial charge in [0.1, 0.15) is 6.04 Å². The number of ether oxygens (including phenoxy) is 1. The quantitative estimate of drug-likeness (QED) is 0.579. The zero-order valence-electron chi connectivity index (χ0n) is 9.10. The molecule has 88 valence electrons. The molecular formula is C9H18N2O3S. The lowest BCUT2D eigenvalue weighted by Gasteiger charge is -2.25. The second-order valence-corrected chi connectivity index (χ2v) is 3.78. The smallest absolute Gasteiger partial charge is 0.320 e. The van der Waals surface area contributed by atoms with Gasteiger partial charge in [0.25, 0.3) is 0 Å². The van der Waals surface area contributed by atoms with Gasteiger partial charge >= 0.3 is 5.97 Å². The number of hydrogen-bond acceptors (Lipinski definition) is 4. The van der Waals surface area contributed by atoms with Crippen LogP contribution in [-0.4, -0.2) is 53.8 Å². The Balaban J connectivity index is 4.16. The zero-order valence-corrected chi connectivity index (χ0v) is 9.92. The molecule has 0 aliphatic heterocycles. The van der Waals surface area contributed by atoms with Gasteiger partial charge < -0.3 is 15.6 Å². The Bertz CT molecular complexity index is 223. The fourth-order valence-corrected chi connectivity index (χ4v) is 1.21. The van der Waals surface area contributed by atoms with Crippen molar-refractivity contribution in [3.63, 3.8) is 0 Å². The van der Waals surface area contributed by atoms with Crippen LogP contribution in [0.4, 0.5) is 0 Å². The number of carboxylic acid groups (broad SMARTS) is 1. The molecule has 0 rings (SSSR count). The summed E-state index contributed by atoms with van der Waals surface area (Å²) in [5.74, 6) is -0.853. The highest BCUT2D eigenvalue weighted by Gasteiger charge is 2.19. The lowest BCUT2D eigenvalue weighted by molar-refractivity contribution is -0.142. The number of thiocarbonyl (C=S) groups is 1. The molecule has 0 spiro atoms. The minimum absolute atomic E-state index is 0.398. The summed E-state index contributed by atoms with van der Waals surface area (Å²) in [6.45, 7) is 3.24. The maximum atomic E-state index is 10.8. The van der Waals surface area contributed by atoms with Crippen molar-refractivity contribution >= 4 is 23.2 Å². The highest BCUT2D eigenvalue weighted by atomic mass is 32.1. The fourth-order valence-electron chi connectivity index (χ4n) is 1.12. The van der Waals surface area contributed by atoms with E-state index in [9.17, 15) is 4.79 Å². The highest BCUT2D eigenvalue weighted by molar-refractivity contribution is 7.80. The van der Waals surface area contributed by atoms with Crippen molar-refractivity contribution in [3.05, 3.63) is 0 Å². The number of nitrogens with zero attached hydrogens (tertiary/aromatic N) is 1. The van der Waals surface area contributed by atoms with Crippen LogP contribution in [0.15, 0.2) is 0 Å². The van der Waals surface area contributed by atoms with Crippen molar-refractivity contribution in [1.29, 1.82) is 0 Å². The third-order valence-corrected chi connectivity index (χ3v) is 2.34. The molecular weight excluding hydrogens is 216 g/mol. The Morgan fingerprint density at radius 1 is 1.60 bits per heavy atom. The maximum Gasteiger partial charge on any atom is 0.320 e. The molecule has 0 saturated heterocycles. The average Bonchev–Trinajstić information content (AvgIpc) is 2.16. The largest absolute Gasteiger partial charge is 0.480 e. The molecule has 0 heterocycles. The van der Waals surface area contributed by atoms with Gasteiger partial charge in [-0.25, -0.2) is 0 Å². The van der Waals surface area contributed by atoms with Crippen molar-refractivity contribution in [2.45, 2.75) is 19.4 Å². The minimum Gasteiger partial charge on any atom is -0.480 e. The molecule has 15 heavy (non-hydrogen) atoms. The lowest BCUT2D eigenvalue weighted by Crippen LogP contribution is -2.42. The number of carbonyl (C=O) groups is 1. The standard InChI is InChI=1S/C9H18N2O3S/c1-7(9(12)13)11(5-6-14-2)4-3-8(10)15/h7H,3-6H2,1-2H3,(H2,10,15)(H,12,13). The van der Waals surface area contributed by atoms with Crippen molar-refractivity contribution in [2.75, 3.05) is 26.8 Å². The molecule has 0 amide bonds. The molecule has 0 radical (unpaired) electrons. The molecule has 0 aromatic carbocycles. The van der Waals surface area contributed by atoms with Crippen molar-refractivity contribution in [1.82, 2.24) is 4.90 Å². The van der Waals surface area contributed by atoms with Gasteiger partial charge in [0.05, 0.1) is 11.6 Å². The van der Waals surface area contributed by atoms with Crippen LogP contribution in [0.25, 0.3) is 0 Å². The van der Waals surface area contributed by atoms with E-state index in [0.717, 1.165) is 0 Å². The second-order valence-electron chi connectivity index (χ2n) is 3.26. The van der Waals surface area contributed by atoms with Crippen LogP contribution >= 0.6 is 12.2 Å². The molecule has 5 nitrogen and oxygen atoms in total. The first-order valence-corrected chi connectivity index (χ1v) is 5.14. The number of rotatable bonds is 8. The first-order valence-electron chi connectivity index (χ1n) is 4.73. The molecule has 1 unspecified atom stereocenters.